The summed E-state index contributed by atoms with van der Waals surface area (Å²) in [6.07, 6.45) is 0. The molecule has 0 bridgehead atoms. The van der Waals surface area contributed by atoms with Gasteiger partial charge in [-0.15, -0.1) is 0 Å². The number of fused-ring (bicyclic) bond motifs is 1. The first kappa shape index (κ1) is 16.8. The maximum Gasteiger partial charge on any atom is 0.193 e. The average Bonchev–Trinajstić information content (AvgIpc) is 2.57. The number of halogens is 2. The van der Waals surface area contributed by atoms with Crippen molar-refractivity contribution in [3.05, 3.63) is 62.7 Å². The fourth-order valence-corrected chi connectivity index (χ4v) is 2.74. The molecule has 0 aliphatic carbocycles. The first-order valence-corrected chi connectivity index (χ1v) is 8.00. The molecule has 3 aromatic rings. The summed E-state index contributed by atoms with van der Waals surface area (Å²) in [5.41, 5.74) is 0.863. The Morgan fingerprint density at radius 3 is 2.62 bits per heavy atom. The summed E-state index contributed by atoms with van der Waals surface area (Å²) in [6, 6.07) is 11.7. The van der Waals surface area contributed by atoms with E-state index < -0.39 is 0 Å². The molecule has 0 fully saturated rings. The summed E-state index contributed by atoms with van der Waals surface area (Å²) in [6.45, 7) is 0.867. The van der Waals surface area contributed by atoms with Gasteiger partial charge in [-0.25, -0.2) is 0 Å². The lowest BCUT2D eigenvalue weighted by Crippen LogP contribution is -2.04. The lowest BCUT2D eigenvalue weighted by atomic mass is 10.1. The van der Waals surface area contributed by atoms with Gasteiger partial charge >= 0.3 is 0 Å². The third kappa shape index (κ3) is 3.41. The first-order valence-electron chi connectivity index (χ1n) is 7.24. The van der Waals surface area contributed by atoms with Crippen LogP contribution in [-0.4, -0.2) is 20.3 Å². The molecule has 3 rings (SSSR count). The number of benzene rings is 2. The zero-order valence-electron chi connectivity index (χ0n) is 12.8. The van der Waals surface area contributed by atoms with Gasteiger partial charge in [0.2, 0.25) is 0 Å². The van der Waals surface area contributed by atoms with Gasteiger partial charge in [-0.05, 0) is 30.3 Å². The van der Waals surface area contributed by atoms with Crippen LogP contribution in [0.1, 0.15) is 0 Å². The van der Waals surface area contributed by atoms with E-state index in [1.54, 1.807) is 43.5 Å². The Morgan fingerprint density at radius 2 is 1.88 bits per heavy atom. The molecule has 0 unspecified atom stereocenters. The van der Waals surface area contributed by atoms with Crippen LogP contribution < -0.4 is 10.2 Å². The van der Waals surface area contributed by atoms with E-state index in [9.17, 15) is 4.79 Å². The van der Waals surface area contributed by atoms with Gasteiger partial charge in [0, 0.05) is 18.7 Å². The van der Waals surface area contributed by atoms with Crippen molar-refractivity contribution in [3.63, 3.8) is 0 Å². The Labute approximate surface area is 148 Å². The maximum absolute atomic E-state index is 12.3. The van der Waals surface area contributed by atoms with Crippen molar-refractivity contribution in [2.24, 2.45) is 0 Å². The van der Waals surface area contributed by atoms with Gasteiger partial charge in [0.25, 0.3) is 0 Å². The monoisotopic (exact) mass is 364 g/mol. The van der Waals surface area contributed by atoms with Crippen molar-refractivity contribution < 1.29 is 13.9 Å². The smallest absolute Gasteiger partial charge is 0.193 e. The van der Waals surface area contributed by atoms with E-state index in [0.717, 1.165) is 0 Å². The van der Waals surface area contributed by atoms with Crippen LogP contribution in [0.4, 0.5) is 0 Å². The van der Waals surface area contributed by atoms with E-state index in [1.807, 2.05) is 0 Å². The molecule has 0 radical (unpaired) electrons. The Bertz CT molecular complexity index is 934. The lowest BCUT2D eigenvalue weighted by molar-refractivity contribution is 0.146. The van der Waals surface area contributed by atoms with Crippen molar-refractivity contribution in [2.75, 3.05) is 20.3 Å². The SMILES string of the molecule is COCCOc1ccc(-c2cc(=O)c3cccc(Cl)c3o2)cc1Cl. The van der Waals surface area contributed by atoms with Crippen molar-refractivity contribution in [1.29, 1.82) is 0 Å². The zero-order valence-corrected chi connectivity index (χ0v) is 14.4. The van der Waals surface area contributed by atoms with Crippen LogP contribution in [0.15, 0.2) is 51.7 Å². The van der Waals surface area contributed by atoms with Crippen LogP contribution in [0.25, 0.3) is 22.3 Å². The quantitative estimate of drug-likeness (QED) is 0.610. The number of rotatable bonds is 5. The molecule has 1 heterocycles. The minimum Gasteiger partial charge on any atom is -0.490 e. The molecule has 0 saturated carbocycles. The standard InChI is InChI=1S/C18H14Cl2O4/c1-22-7-8-23-16-6-5-11(9-14(16)20)17-10-15(21)12-3-2-4-13(19)18(12)24-17/h2-6,9-10H,7-8H2,1H3. The molecule has 0 aliphatic rings. The molecule has 0 aliphatic heterocycles. The summed E-state index contributed by atoms with van der Waals surface area (Å²) in [4.78, 5) is 12.3. The molecule has 0 N–H and O–H groups in total. The molecule has 24 heavy (non-hydrogen) atoms. The van der Waals surface area contributed by atoms with Gasteiger partial charge in [-0.1, -0.05) is 29.3 Å². The number of para-hydroxylation sites is 1. The van der Waals surface area contributed by atoms with E-state index >= 15 is 0 Å². The second-order valence-electron chi connectivity index (χ2n) is 5.08. The molecule has 0 atom stereocenters. The predicted octanol–water partition coefficient (Wildman–Crippen LogP) is 4.79. The molecule has 2 aromatic carbocycles. The molecule has 0 saturated heterocycles. The van der Waals surface area contributed by atoms with Crippen molar-refractivity contribution in [3.8, 4) is 17.1 Å². The molecule has 124 valence electrons. The highest BCUT2D eigenvalue weighted by Crippen LogP contribution is 2.32. The number of methoxy groups -OCH3 is 1. The molecule has 4 nitrogen and oxygen atoms in total. The summed E-state index contributed by atoms with van der Waals surface area (Å²) in [5, 5.41) is 1.25. The number of hydrogen-bond donors (Lipinski definition) is 0. The normalized spacial score (nSPS) is 11.0. The highest BCUT2D eigenvalue weighted by atomic mass is 35.5. The van der Waals surface area contributed by atoms with Crippen LogP contribution in [0.5, 0.6) is 5.75 Å². The minimum absolute atomic E-state index is 0.162. The maximum atomic E-state index is 12.3. The van der Waals surface area contributed by atoms with Gasteiger partial charge in [0.05, 0.1) is 22.0 Å². The van der Waals surface area contributed by atoms with Crippen LogP contribution >= 0.6 is 23.2 Å². The topological polar surface area (TPSA) is 48.7 Å². The Kier molecular flexibility index (Phi) is 5.09. The van der Waals surface area contributed by atoms with Gasteiger partial charge in [0.15, 0.2) is 11.0 Å². The molecular weight excluding hydrogens is 351 g/mol. The van der Waals surface area contributed by atoms with Crippen molar-refractivity contribution in [2.45, 2.75) is 0 Å². The summed E-state index contributed by atoms with van der Waals surface area (Å²) in [7, 11) is 1.60. The molecule has 6 heteroatoms. The fourth-order valence-electron chi connectivity index (χ4n) is 2.29. The number of ether oxygens (including phenoxy) is 2. The number of hydrogen-bond acceptors (Lipinski definition) is 4. The Balaban J connectivity index is 2.00. The van der Waals surface area contributed by atoms with E-state index in [0.29, 0.717) is 51.3 Å². The van der Waals surface area contributed by atoms with Crippen molar-refractivity contribution >= 4 is 34.2 Å². The van der Waals surface area contributed by atoms with Gasteiger partial charge < -0.3 is 13.9 Å². The minimum atomic E-state index is -0.162. The van der Waals surface area contributed by atoms with Crippen LogP contribution in [0, 0.1) is 0 Å². The summed E-state index contributed by atoms with van der Waals surface area (Å²) < 4.78 is 16.2. The largest absolute Gasteiger partial charge is 0.490 e. The lowest BCUT2D eigenvalue weighted by Gasteiger charge is -2.09. The van der Waals surface area contributed by atoms with Gasteiger partial charge in [-0.2, -0.15) is 0 Å². The van der Waals surface area contributed by atoms with E-state index in [2.05, 4.69) is 0 Å². The van der Waals surface area contributed by atoms with E-state index in [1.165, 1.54) is 6.07 Å². The molecular formula is C18H14Cl2O4. The average molecular weight is 365 g/mol. The highest BCUT2D eigenvalue weighted by molar-refractivity contribution is 6.34. The van der Waals surface area contributed by atoms with Crippen LogP contribution in [-0.2, 0) is 4.74 Å². The third-order valence-corrected chi connectivity index (χ3v) is 4.06. The Morgan fingerprint density at radius 1 is 1.04 bits per heavy atom. The molecule has 0 amide bonds. The Hall–Kier alpha value is -2.01. The van der Waals surface area contributed by atoms with Crippen LogP contribution in [0.2, 0.25) is 10.0 Å². The summed E-state index contributed by atoms with van der Waals surface area (Å²) in [5.74, 6) is 0.935. The first-order chi connectivity index (χ1) is 11.6. The van der Waals surface area contributed by atoms with Gasteiger partial charge in [0.1, 0.15) is 18.1 Å². The second-order valence-corrected chi connectivity index (χ2v) is 5.89. The highest BCUT2D eigenvalue weighted by Gasteiger charge is 2.11. The summed E-state index contributed by atoms with van der Waals surface area (Å²) >= 11 is 12.4. The second kappa shape index (κ2) is 7.26. The zero-order chi connectivity index (χ0) is 17.1. The predicted molar refractivity (Wildman–Crippen MR) is 95.3 cm³/mol. The fraction of sp³-hybridized carbons (Fsp3) is 0.167. The van der Waals surface area contributed by atoms with Crippen LogP contribution in [0.3, 0.4) is 0 Å². The van der Waals surface area contributed by atoms with E-state index in [4.69, 9.17) is 37.1 Å². The molecule has 0 spiro atoms. The third-order valence-electron chi connectivity index (χ3n) is 3.47. The molecule has 1 aromatic heterocycles. The van der Waals surface area contributed by atoms with E-state index in [-0.39, 0.29) is 5.43 Å². The van der Waals surface area contributed by atoms with Gasteiger partial charge in [-0.3, -0.25) is 4.79 Å². The van der Waals surface area contributed by atoms with Crippen molar-refractivity contribution in [1.82, 2.24) is 0 Å².